The predicted octanol–water partition coefficient (Wildman–Crippen LogP) is 5.23. The van der Waals surface area contributed by atoms with Crippen LogP contribution >= 0.6 is 23.4 Å². The Labute approximate surface area is 216 Å². The van der Waals surface area contributed by atoms with E-state index < -0.39 is 22.0 Å². The molecule has 0 aliphatic rings. The third kappa shape index (κ3) is 7.48. The van der Waals surface area contributed by atoms with Crippen LogP contribution in [0, 0.1) is 0 Å². The zero-order valence-corrected chi connectivity index (χ0v) is 22.2. The molecule has 6 nitrogen and oxygen atoms in total. The minimum Gasteiger partial charge on any atom is -0.492 e. The summed E-state index contributed by atoms with van der Waals surface area (Å²) in [4.78, 5) is 14.4. The van der Waals surface area contributed by atoms with Gasteiger partial charge in [0.2, 0.25) is 15.9 Å². The van der Waals surface area contributed by atoms with Gasteiger partial charge in [-0.1, -0.05) is 54.1 Å². The Morgan fingerprint density at radius 2 is 1.74 bits per heavy atom. The Kier molecular flexibility index (Phi) is 9.63. The highest BCUT2D eigenvalue weighted by Crippen LogP contribution is 2.27. The molecule has 0 saturated carbocycles. The van der Waals surface area contributed by atoms with Crippen LogP contribution in [0.3, 0.4) is 0 Å². The zero-order chi connectivity index (χ0) is 25.4. The molecule has 9 heteroatoms. The molecule has 3 aromatic rings. The molecule has 1 amide bonds. The van der Waals surface area contributed by atoms with Crippen LogP contribution in [0.25, 0.3) is 0 Å². The molecule has 0 aliphatic heterocycles. The molecule has 35 heavy (non-hydrogen) atoms. The van der Waals surface area contributed by atoms with Crippen molar-refractivity contribution >= 4 is 39.3 Å². The summed E-state index contributed by atoms with van der Waals surface area (Å²) < 4.78 is 34.3. The van der Waals surface area contributed by atoms with Crippen LogP contribution in [0.1, 0.15) is 31.0 Å². The number of thioether (sulfide) groups is 1. The van der Waals surface area contributed by atoms with E-state index in [4.69, 9.17) is 16.3 Å². The van der Waals surface area contributed by atoms with Crippen LogP contribution in [0.15, 0.2) is 82.6 Å². The number of benzene rings is 3. The molecular formula is C26H29ClN2O4S2. The number of sulfonamides is 1. The molecule has 2 atom stereocenters. The second kappa shape index (κ2) is 12.4. The van der Waals surface area contributed by atoms with Crippen molar-refractivity contribution in [2.24, 2.45) is 0 Å². The maximum absolute atomic E-state index is 13.3. The van der Waals surface area contributed by atoms with Gasteiger partial charge in [-0.2, -0.15) is 4.72 Å². The van der Waals surface area contributed by atoms with Crippen molar-refractivity contribution in [3.8, 4) is 5.75 Å². The Balaban J connectivity index is 1.83. The van der Waals surface area contributed by atoms with Crippen molar-refractivity contribution in [3.05, 3.63) is 88.9 Å². The van der Waals surface area contributed by atoms with Crippen molar-refractivity contribution < 1.29 is 17.9 Å². The zero-order valence-electron chi connectivity index (χ0n) is 19.8. The number of carbonyl (C=O) groups is 1. The predicted molar refractivity (Wildman–Crippen MR) is 142 cm³/mol. The summed E-state index contributed by atoms with van der Waals surface area (Å²) in [5, 5.41) is 3.13. The molecule has 2 N–H and O–H groups in total. The lowest BCUT2D eigenvalue weighted by Crippen LogP contribution is -2.48. The van der Waals surface area contributed by atoms with Crippen molar-refractivity contribution in [1.82, 2.24) is 10.0 Å². The molecule has 0 unspecified atom stereocenters. The Morgan fingerprint density at radius 1 is 1.06 bits per heavy atom. The molecule has 0 fully saturated rings. The average molecular weight is 533 g/mol. The van der Waals surface area contributed by atoms with Gasteiger partial charge in [-0.25, -0.2) is 8.42 Å². The van der Waals surface area contributed by atoms with E-state index in [2.05, 4.69) is 10.0 Å². The van der Waals surface area contributed by atoms with Gasteiger partial charge in [0.05, 0.1) is 22.6 Å². The molecule has 0 aliphatic carbocycles. The third-order valence-electron chi connectivity index (χ3n) is 5.38. The van der Waals surface area contributed by atoms with Gasteiger partial charge in [0.15, 0.2) is 0 Å². The SMILES string of the molecule is CCOc1ccc(S(=O)(=O)N[C@@H](Cc2ccccc2)C(=O)N[C@H](C)c2ccc(SC)cc2)cc1Cl. The van der Waals surface area contributed by atoms with E-state index in [9.17, 15) is 13.2 Å². The average Bonchev–Trinajstić information content (AvgIpc) is 2.85. The molecule has 0 bridgehead atoms. The number of hydrogen-bond acceptors (Lipinski definition) is 5. The van der Waals surface area contributed by atoms with E-state index in [0.29, 0.717) is 12.4 Å². The first-order chi connectivity index (χ1) is 16.7. The van der Waals surface area contributed by atoms with E-state index in [1.54, 1.807) is 11.8 Å². The number of hydrogen-bond donors (Lipinski definition) is 2. The third-order valence-corrected chi connectivity index (χ3v) is 7.89. The molecule has 0 aromatic heterocycles. The first kappa shape index (κ1) is 27.1. The largest absolute Gasteiger partial charge is 0.492 e. The fourth-order valence-corrected chi connectivity index (χ4v) is 5.43. The molecule has 3 rings (SSSR count). The fourth-order valence-electron chi connectivity index (χ4n) is 3.50. The van der Waals surface area contributed by atoms with E-state index in [-0.39, 0.29) is 22.4 Å². The molecule has 186 valence electrons. The minimum atomic E-state index is -4.04. The Hall–Kier alpha value is -2.52. The quantitative estimate of drug-likeness (QED) is 0.330. The maximum atomic E-state index is 13.3. The summed E-state index contributed by atoms with van der Waals surface area (Å²) in [6, 6.07) is 20.1. The topological polar surface area (TPSA) is 84.5 Å². The van der Waals surface area contributed by atoms with Crippen LogP contribution in [-0.4, -0.2) is 33.2 Å². The lowest BCUT2D eigenvalue weighted by molar-refractivity contribution is -0.123. The van der Waals surface area contributed by atoms with Crippen molar-refractivity contribution in [1.29, 1.82) is 0 Å². The normalized spacial score (nSPS) is 13.1. The van der Waals surface area contributed by atoms with E-state index in [1.807, 2.05) is 74.7 Å². The second-order valence-corrected chi connectivity index (χ2v) is 10.9. The van der Waals surface area contributed by atoms with Crippen LogP contribution in [0.2, 0.25) is 5.02 Å². The monoisotopic (exact) mass is 532 g/mol. The number of nitrogens with one attached hydrogen (secondary N) is 2. The van der Waals surface area contributed by atoms with Crippen LogP contribution < -0.4 is 14.8 Å². The summed E-state index contributed by atoms with van der Waals surface area (Å²) in [5.41, 5.74) is 1.76. The van der Waals surface area contributed by atoms with Crippen molar-refractivity contribution in [3.63, 3.8) is 0 Å². The number of ether oxygens (including phenoxy) is 1. The molecule has 0 radical (unpaired) electrons. The lowest BCUT2D eigenvalue weighted by Gasteiger charge is -2.22. The van der Waals surface area contributed by atoms with Gasteiger partial charge in [-0.3, -0.25) is 4.79 Å². The smallest absolute Gasteiger partial charge is 0.241 e. The maximum Gasteiger partial charge on any atom is 0.241 e. The summed E-state index contributed by atoms with van der Waals surface area (Å²) in [5.74, 6) is -0.0242. The van der Waals surface area contributed by atoms with Crippen molar-refractivity contribution in [2.45, 2.75) is 42.1 Å². The van der Waals surface area contributed by atoms with E-state index >= 15 is 0 Å². The lowest BCUT2D eigenvalue weighted by atomic mass is 10.0. The molecule has 0 saturated heterocycles. The summed E-state index contributed by atoms with van der Waals surface area (Å²) in [7, 11) is -4.04. The molecule has 3 aromatic carbocycles. The minimum absolute atomic E-state index is 0.0440. The van der Waals surface area contributed by atoms with Gasteiger partial charge in [0.25, 0.3) is 0 Å². The summed E-state index contributed by atoms with van der Waals surface area (Å²) in [6.07, 6.45) is 2.19. The van der Waals surface area contributed by atoms with E-state index in [0.717, 1.165) is 16.0 Å². The number of halogens is 1. The van der Waals surface area contributed by atoms with Gasteiger partial charge in [-0.05, 0) is 68.0 Å². The van der Waals surface area contributed by atoms with Gasteiger partial charge < -0.3 is 10.1 Å². The number of carbonyl (C=O) groups excluding carboxylic acids is 1. The highest BCUT2D eigenvalue weighted by molar-refractivity contribution is 7.98. The van der Waals surface area contributed by atoms with E-state index in [1.165, 1.54) is 18.2 Å². The molecule has 0 spiro atoms. The van der Waals surface area contributed by atoms with Gasteiger partial charge in [-0.15, -0.1) is 11.8 Å². The fraction of sp³-hybridized carbons (Fsp3) is 0.269. The highest BCUT2D eigenvalue weighted by atomic mass is 35.5. The standard InChI is InChI=1S/C26H29ClN2O4S2/c1-4-33-25-15-14-22(17-23(25)27)35(31,32)29-24(16-19-8-6-5-7-9-19)26(30)28-18(2)20-10-12-21(34-3)13-11-20/h5-15,17-18,24,29H,4,16H2,1-3H3,(H,28,30)/t18-,24+/m1/s1. The highest BCUT2D eigenvalue weighted by Gasteiger charge is 2.27. The molecular weight excluding hydrogens is 504 g/mol. The molecule has 0 heterocycles. The van der Waals surface area contributed by atoms with Crippen molar-refractivity contribution in [2.75, 3.05) is 12.9 Å². The van der Waals surface area contributed by atoms with Gasteiger partial charge in [0, 0.05) is 4.90 Å². The Morgan fingerprint density at radius 3 is 2.34 bits per heavy atom. The second-order valence-electron chi connectivity index (χ2n) is 7.89. The number of rotatable bonds is 11. The van der Waals surface area contributed by atoms with Gasteiger partial charge >= 0.3 is 0 Å². The summed E-state index contributed by atoms with van der Waals surface area (Å²) >= 11 is 7.84. The van der Waals surface area contributed by atoms with Gasteiger partial charge in [0.1, 0.15) is 11.8 Å². The summed E-state index contributed by atoms with van der Waals surface area (Å²) in [6.45, 7) is 4.08. The van der Waals surface area contributed by atoms with Crippen LogP contribution in [0.5, 0.6) is 5.75 Å². The Bertz CT molecular complexity index is 1240. The van der Waals surface area contributed by atoms with Crippen LogP contribution in [0.4, 0.5) is 0 Å². The van der Waals surface area contributed by atoms with Crippen LogP contribution in [-0.2, 0) is 21.2 Å². The first-order valence-corrected chi connectivity index (χ1v) is 14.2. The number of amides is 1. The first-order valence-electron chi connectivity index (χ1n) is 11.2.